The molecule has 8 heteroatoms. The van der Waals surface area contributed by atoms with E-state index >= 15 is 0 Å². The van der Waals surface area contributed by atoms with Crippen LogP contribution in [0.4, 0.5) is 4.79 Å². The highest BCUT2D eigenvalue weighted by atomic mass is 16.7. The van der Waals surface area contributed by atoms with Gasteiger partial charge in [-0.1, -0.05) is 32.8 Å². The second-order valence-corrected chi connectivity index (χ2v) is 8.11. The van der Waals surface area contributed by atoms with Crippen molar-refractivity contribution in [1.29, 1.82) is 0 Å². The van der Waals surface area contributed by atoms with Gasteiger partial charge in [-0.3, -0.25) is 14.5 Å². The van der Waals surface area contributed by atoms with E-state index in [4.69, 9.17) is 9.47 Å². The van der Waals surface area contributed by atoms with Crippen LogP contribution in [0.15, 0.2) is 18.2 Å². The van der Waals surface area contributed by atoms with Crippen LogP contribution in [0, 0.1) is 0 Å². The van der Waals surface area contributed by atoms with Gasteiger partial charge in [-0.05, 0) is 37.5 Å². The fourth-order valence-electron chi connectivity index (χ4n) is 3.76. The molecule has 0 unspecified atom stereocenters. The van der Waals surface area contributed by atoms with Crippen LogP contribution in [0.25, 0.3) is 0 Å². The third kappa shape index (κ3) is 4.68. The van der Waals surface area contributed by atoms with Crippen LogP contribution in [0.5, 0.6) is 11.5 Å². The first-order valence-corrected chi connectivity index (χ1v) is 10.7. The van der Waals surface area contributed by atoms with Gasteiger partial charge in [0.15, 0.2) is 11.5 Å². The molecule has 2 aliphatic rings. The second-order valence-electron chi connectivity index (χ2n) is 8.11. The van der Waals surface area contributed by atoms with Gasteiger partial charge in [0, 0.05) is 19.5 Å². The van der Waals surface area contributed by atoms with E-state index in [9.17, 15) is 14.4 Å². The molecule has 0 aromatic heterocycles. The molecule has 1 N–H and O–H groups in total. The van der Waals surface area contributed by atoms with Crippen LogP contribution in [-0.2, 0) is 16.0 Å². The SMILES string of the molecule is CCCCN(CCCC)C(=O)CN1C(=O)N[C@@](C)(Cc2ccc3c(c2)OCO3)C1=O. The van der Waals surface area contributed by atoms with Gasteiger partial charge >= 0.3 is 6.03 Å². The molecule has 0 spiro atoms. The standard InChI is InChI=1S/C22H31N3O5/c1-4-6-10-24(11-7-5-2)19(26)14-25-20(27)22(3,23-21(25)28)13-16-8-9-17-18(12-16)30-15-29-17/h8-9,12H,4-7,10-11,13-15H2,1-3H3,(H,23,28)/t22-/m0/s1. The first-order chi connectivity index (χ1) is 14.4. The minimum absolute atomic E-state index is 0.175. The number of urea groups is 1. The summed E-state index contributed by atoms with van der Waals surface area (Å²) in [5.74, 6) is 0.719. The van der Waals surface area contributed by atoms with Gasteiger partial charge in [0.25, 0.3) is 5.91 Å². The first-order valence-electron chi connectivity index (χ1n) is 10.7. The Morgan fingerprint density at radius 3 is 2.47 bits per heavy atom. The number of hydrogen-bond donors (Lipinski definition) is 1. The fourth-order valence-corrected chi connectivity index (χ4v) is 3.76. The summed E-state index contributed by atoms with van der Waals surface area (Å²) >= 11 is 0. The molecule has 1 aromatic rings. The average Bonchev–Trinajstić information content (AvgIpc) is 3.26. The number of nitrogens with zero attached hydrogens (tertiary/aromatic N) is 2. The van der Waals surface area contributed by atoms with Crippen molar-refractivity contribution in [3.63, 3.8) is 0 Å². The molecule has 1 aromatic carbocycles. The zero-order valence-corrected chi connectivity index (χ0v) is 18.0. The van der Waals surface area contributed by atoms with E-state index in [2.05, 4.69) is 19.2 Å². The summed E-state index contributed by atoms with van der Waals surface area (Å²) in [5.41, 5.74) is -0.265. The molecule has 4 amide bonds. The summed E-state index contributed by atoms with van der Waals surface area (Å²) in [6.07, 6.45) is 4.06. The number of carbonyl (C=O) groups is 3. The van der Waals surface area contributed by atoms with E-state index in [0.29, 0.717) is 31.0 Å². The second kappa shape index (κ2) is 9.36. The number of imide groups is 1. The first kappa shape index (κ1) is 21.9. The summed E-state index contributed by atoms with van der Waals surface area (Å²) in [7, 11) is 0. The molecule has 1 saturated heterocycles. The molecule has 30 heavy (non-hydrogen) atoms. The normalized spacial score (nSPS) is 19.9. The molecule has 1 fully saturated rings. The summed E-state index contributed by atoms with van der Waals surface area (Å²) in [6, 6.07) is 4.94. The summed E-state index contributed by atoms with van der Waals surface area (Å²) in [6.45, 7) is 7.07. The lowest BCUT2D eigenvalue weighted by Crippen LogP contribution is -2.47. The number of amides is 4. The lowest BCUT2D eigenvalue weighted by atomic mass is 9.92. The molecule has 2 heterocycles. The van der Waals surface area contributed by atoms with E-state index in [1.54, 1.807) is 17.9 Å². The zero-order chi connectivity index (χ0) is 21.7. The van der Waals surface area contributed by atoms with Crippen LogP contribution in [-0.4, -0.2) is 59.6 Å². The topological polar surface area (TPSA) is 88.2 Å². The van der Waals surface area contributed by atoms with Crippen molar-refractivity contribution in [1.82, 2.24) is 15.1 Å². The third-order valence-corrected chi connectivity index (χ3v) is 5.55. The highest BCUT2D eigenvalue weighted by molar-refractivity contribution is 6.08. The lowest BCUT2D eigenvalue weighted by Gasteiger charge is -2.25. The Labute approximate surface area is 177 Å². The molecule has 0 saturated carbocycles. The van der Waals surface area contributed by atoms with Crippen molar-refractivity contribution >= 4 is 17.8 Å². The highest BCUT2D eigenvalue weighted by Gasteiger charge is 2.48. The van der Waals surface area contributed by atoms with E-state index in [1.807, 2.05) is 12.1 Å². The number of fused-ring (bicyclic) bond motifs is 1. The Morgan fingerprint density at radius 1 is 1.13 bits per heavy atom. The fraction of sp³-hybridized carbons (Fsp3) is 0.591. The summed E-state index contributed by atoms with van der Waals surface area (Å²) < 4.78 is 10.7. The maximum Gasteiger partial charge on any atom is 0.325 e. The number of rotatable bonds is 10. The van der Waals surface area contributed by atoms with Crippen LogP contribution in [0.2, 0.25) is 0 Å². The summed E-state index contributed by atoms with van der Waals surface area (Å²) in [5, 5.41) is 2.77. The van der Waals surface area contributed by atoms with Gasteiger partial charge in [-0.15, -0.1) is 0 Å². The molecule has 3 rings (SSSR count). The van der Waals surface area contributed by atoms with Crippen molar-refractivity contribution in [3.8, 4) is 11.5 Å². The van der Waals surface area contributed by atoms with Crippen LogP contribution in [0.3, 0.4) is 0 Å². The molecule has 8 nitrogen and oxygen atoms in total. The predicted molar refractivity (Wildman–Crippen MR) is 111 cm³/mol. The molecule has 1 atom stereocenters. The van der Waals surface area contributed by atoms with Crippen molar-refractivity contribution < 1.29 is 23.9 Å². The predicted octanol–water partition coefficient (Wildman–Crippen LogP) is 2.70. The number of hydrogen-bond acceptors (Lipinski definition) is 5. The molecular formula is C22H31N3O5. The van der Waals surface area contributed by atoms with Crippen LogP contribution >= 0.6 is 0 Å². The number of carbonyl (C=O) groups excluding carboxylic acids is 3. The monoisotopic (exact) mass is 417 g/mol. The lowest BCUT2D eigenvalue weighted by molar-refractivity contribution is -0.138. The van der Waals surface area contributed by atoms with Gasteiger partial charge in [0.05, 0.1) is 0 Å². The van der Waals surface area contributed by atoms with Crippen molar-refractivity contribution in [3.05, 3.63) is 23.8 Å². The maximum atomic E-state index is 13.1. The molecule has 0 aliphatic carbocycles. The maximum absolute atomic E-state index is 13.1. The number of unbranched alkanes of at least 4 members (excludes halogenated alkanes) is 2. The Kier molecular flexibility index (Phi) is 6.84. The van der Waals surface area contributed by atoms with E-state index in [-0.39, 0.29) is 25.2 Å². The largest absolute Gasteiger partial charge is 0.454 e. The van der Waals surface area contributed by atoms with Gasteiger partial charge in [-0.2, -0.15) is 0 Å². The quantitative estimate of drug-likeness (QED) is 0.592. The number of ether oxygens (including phenoxy) is 2. The van der Waals surface area contributed by atoms with Gasteiger partial charge in [0.1, 0.15) is 12.1 Å². The van der Waals surface area contributed by atoms with Crippen molar-refractivity contribution in [2.24, 2.45) is 0 Å². The minimum Gasteiger partial charge on any atom is -0.454 e. The van der Waals surface area contributed by atoms with E-state index in [0.717, 1.165) is 36.1 Å². The molecule has 0 bridgehead atoms. The smallest absolute Gasteiger partial charge is 0.325 e. The van der Waals surface area contributed by atoms with Crippen LogP contribution < -0.4 is 14.8 Å². The zero-order valence-electron chi connectivity index (χ0n) is 18.0. The van der Waals surface area contributed by atoms with E-state index < -0.39 is 11.6 Å². The number of nitrogens with one attached hydrogen (secondary N) is 1. The minimum atomic E-state index is -1.11. The third-order valence-electron chi connectivity index (χ3n) is 5.55. The summed E-state index contributed by atoms with van der Waals surface area (Å²) in [4.78, 5) is 41.2. The molecule has 164 valence electrons. The van der Waals surface area contributed by atoms with Gasteiger partial charge < -0.3 is 19.7 Å². The Hall–Kier alpha value is -2.77. The van der Waals surface area contributed by atoms with Crippen LogP contribution in [0.1, 0.15) is 52.0 Å². The average molecular weight is 418 g/mol. The van der Waals surface area contributed by atoms with Crippen molar-refractivity contribution in [2.75, 3.05) is 26.4 Å². The molecular weight excluding hydrogens is 386 g/mol. The highest BCUT2D eigenvalue weighted by Crippen LogP contribution is 2.34. The van der Waals surface area contributed by atoms with E-state index in [1.165, 1.54) is 0 Å². The number of benzene rings is 1. The Balaban J connectivity index is 1.67. The molecule has 2 aliphatic heterocycles. The van der Waals surface area contributed by atoms with Crippen molar-refractivity contribution in [2.45, 2.75) is 58.4 Å². The molecule has 0 radical (unpaired) electrons. The Morgan fingerprint density at radius 2 is 1.80 bits per heavy atom. The van der Waals surface area contributed by atoms with Gasteiger partial charge in [-0.25, -0.2) is 4.79 Å². The Bertz CT molecular complexity index is 804. The van der Waals surface area contributed by atoms with Gasteiger partial charge in [0.2, 0.25) is 12.7 Å².